The van der Waals surface area contributed by atoms with Crippen LogP contribution in [-0.4, -0.2) is 43.0 Å². The van der Waals surface area contributed by atoms with Crippen molar-refractivity contribution in [3.05, 3.63) is 94.5 Å². The summed E-state index contributed by atoms with van der Waals surface area (Å²) in [5.74, 6) is 0.833. The number of carbonyl (C=O) groups is 2. The summed E-state index contributed by atoms with van der Waals surface area (Å²) in [6.07, 6.45) is 2.26. The molecule has 2 amide bonds. The molecule has 36 heavy (non-hydrogen) atoms. The van der Waals surface area contributed by atoms with E-state index in [1.54, 1.807) is 36.3 Å². The van der Waals surface area contributed by atoms with Crippen molar-refractivity contribution in [2.24, 2.45) is 0 Å². The second kappa shape index (κ2) is 14.3. The lowest BCUT2D eigenvalue weighted by Gasteiger charge is -2.31. The monoisotopic (exact) mass is 552 g/mol. The van der Waals surface area contributed by atoms with E-state index in [0.29, 0.717) is 24.5 Å². The minimum absolute atomic E-state index is 0.165. The highest BCUT2D eigenvalue weighted by Gasteiger charge is 2.30. The van der Waals surface area contributed by atoms with Crippen LogP contribution in [0.2, 0.25) is 0 Å². The Labute approximate surface area is 221 Å². The topological polar surface area (TPSA) is 67.9 Å². The standard InChI is InChI=1S/C29H33BrN2O4/c1-3-4-18-31-29(34)27(19-22-8-6-5-7-9-22)32(20-23-10-12-24(30)13-11-23)28(33)21-36-26-16-14-25(35-2)15-17-26/h5-17,27H,3-4,18-21H2,1-2H3,(H,31,34)/t27-/m0/s1. The van der Waals surface area contributed by atoms with Crippen LogP contribution in [0.4, 0.5) is 0 Å². The van der Waals surface area contributed by atoms with Crippen molar-refractivity contribution in [2.75, 3.05) is 20.3 Å². The van der Waals surface area contributed by atoms with Gasteiger partial charge in [0.15, 0.2) is 6.61 Å². The van der Waals surface area contributed by atoms with Gasteiger partial charge in [0.05, 0.1) is 7.11 Å². The van der Waals surface area contributed by atoms with E-state index in [1.807, 2.05) is 54.6 Å². The number of benzene rings is 3. The van der Waals surface area contributed by atoms with Gasteiger partial charge in [-0.2, -0.15) is 0 Å². The number of hydrogen-bond acceptors (Lipinski definition) is 4. The Bertz CT molecular complexity index is 1090. The fourth-order valence-corrected chi connectivity index (χ4v) is 4.01. The first-order chi connectivity index (χ1) is 17.5. The summed E-state index contributed by atoms with van der Waals surface area (Å²) in [5.41, 5.74) is 1.91. The molecule has 1 atom stereocenters. The number of rotatable bonds is 13. The lowest BCUT2D eigenvalue weighted by Crippen LogP contribution is -2.51. The SMILES string of the molecule is CCCCNC(=O)[C@H](Cc1ccccc1)N(Cc1ccc(Br)cc1)C(=O)COc1ccc(OC)cc1. The van der Waals surface area contributed by atoms with Gasteiger partial charge in [0.1, 0.15) is 17.5 Å². The number of methoxy groups -OCH3 is 1. The average Bonchev–Trinajstić information content (AvgIpc) is 2.91. The zero-order valence-corrected chi connectivity index (χ0v) is 22.4. The van der Waals surface area contributed by atoms with Crippen LogP contribution < -0.4 is 14.8 Å². The van der Waals surface area contributed by atoms with Gasteiger partial charge in [-0.05, 0) is 53.9 Å². The molecule has 0 fully saturated rings. The van der Waals surface area contributed by atoms with Crippen molar-refractivity contribution in [1.29, 1.82) is 0 Å². The summed E-state index contributed by atoms with van der Waals surface area (Å²) in [7, 11) is 1.60. The van der Waals surface area contributed by atoms with E-state index in [4.69, 9.17) is 9.47 Å². The van der Waals surface area contributed by atoms with Crippen molar-refractivity contribution < 1.29 is 19.1 Å². The predicted octanol–water partition coefficient (Wildman–Crippen LogP) is 5.39. The molecule has 0 radical (unpaired) electrons. The molecule has 0 spiro atoms. The van der Waals surface area contributed by atoms with Crippen molar-refractivity contribution in [3.8, 4) is 11.5 Å². The largest absolute Gasteiger partial charge is 0.497 e. The molecule has 3 rings (SSSR count). The Balaban J connectivity index is 1.85. The van der Waals surface area contributed by atoms with Gasteiger partial charge in [-0.25, -0.2) is 0 Å². The maximum atomic E-state index is 13.6. The van der Waals surface area contributed by atoms with Crippen LogP contribution in [0.3, 0.4) is 0 Å². The third-order valence-corrected chi connectivity index (χ3v) is 6.32. The molecule has 190 valence electrons. The molecule has 3 aromatic rings. The first kappa shape index (κ1) is 27.3. The maximum Gasteiger partial charge on any atom is 0.261 e. The first-order valence-corrected chi connectivity index (χ1v) is 12.9. The van der Waals surface area contributed by atoms with Crippen LogP contribution in [0.1, 0.15) is 30.9 Å². The Hall–Kier alpha value is -3.32. The average molecular weight is 553 g/mol. The van der Waals surface area contributed by atoms with Gasteiger partial charge < -0.3 is 19.7 Å². The Kier molecular flexibility index (Phi) is 10.8. The molecule has 0 aromatic heterocycles. The van der Waals surface area contributed by atoms with Gasteiger partial charge in [0, 0.05) is 24.0 Å². The normalized spacial score (nSPS) is 11.4. The highest BCUT2D eigenvalue weighted by atomic mass is 79.9. The van der Waals surface area contributed by atoms with Crippen LogP contribution >= 0.6 is 15.9 Å². The predicted molar refractivity (Wildman–Crippen MR) is 145 cm³/mol. The van der Waals surface area contributed by atoms with Crippen LogP contribution in [0.15, 0.2) is 83.3 Å². The Morgan fingerprint density at radius 1 is 0.917 bits per heavy atom. The molecular formula is C29H33BrN2O4. The van der Waals surface area contributed by atoms with Gasteiger partial charge in [0.25, 0.3) is 5.91 Å². The number of nitrogens with zero attached hydrogens (tertiary/aromatic N) is 1. The van der Waals surface area contributed by atoms with Gasteiger partial charge in [-0.15, -0.1) is 0 Å². The van der Waals surface area contributed by atoms with Crippen LogP contribution in [0, 0.1) is 0 Å². The van der Waals surface area contributed by atoms with E-state index in [-0.39, 0.29) is 25.0 Å². The number of carbonyl (C=O) groups excluding carboxylic acids is 2. The van der Waals surface area contributed by atoms with Crippen LogP contribution in [-0.2, 0) is 22.6 Å². The van der Waals surface area contributed by atoms with Gasteiger partial charge in [-0.1, -0.05) is 71.7 Å². The summed E-state index contributed by atoms with van der Waals surface area (Å²) >= 11 is 3.46. The smallest absolute Gasteiger partial charge is 0.261 e. The molecule has 0 saturated heterocycles. The van der Waals surface area contributed by atoms with Crippen molar-refractivity contribution in [1.82, 2.24) is 10.2 Å². The minimum Gasteiger partial charge on any atom is -0.497 e. The maximum absolute atomic E-state index is 13.6. The fraction of sp³-hybridized carbons (Fsp3) is 0.310. The fourth-order valence-electron chi connectivity index (χ4n) is 3.75. The number of halogens is 1. The van der Waals surface area contributed by atoms with Crippen LogP contribution in [0.5, 0.6) is 11.5 Å². The van der Waals surface area contributed by atoms with E-state index in [2.05, 4.69) is 28.2 Å². The summed E-state index contributed by atoms with van der Waals surface area (Å²) in [6.45, 7) is 2.75. The number of unbranched alkanes of at least 4 members (excludes halogenated alkanes) is 1. The molecule has 0 aliphatic rings. The van der Waals surface area contributed by atoms with Gasteiger partial charge in [-0.3, -0.25) is 9.59 Å². The molecular weight excluding hydrogens is 520 g/mol. The van der Waals surface area contributed by atoms with Crippen LogP contribution in [0.25, 0.3) is 0 Å². The van der Waals surface area contributed by atoms with E-state index in [9.17, 15) is 9.59 Å². The highest BCUT2D eigenvalue weighted by Crippen LogP contribution is 2.19. The Morgan fingerprint density at radius 2 is 1.58 bits per heavy atom. The molecule has 0 aliphatic heterocycles. The molecule has 0 saturated carbocycles. The number of hydrogen-bond donors (Lipinski definition) is 1. The van der Waals surface area contributed by atoms with E-state index < -0.39 is 6.04 Å². The number of nitrogens with one attached hydrogen (secondary N) is 1. The van der Waals surface area contributed by atoms with Crippen molar-refractivity contribution >= 4 is 27.7 Å². The van der Waals surface area contributed by atoms with Gasteiger partial charge >= 0.3 is 0 Å². The van der Waals surface area contributed by atoms with Gasteiger partial charge in [0.2, 0.25) is 5.91 Å². The van der Waals surface area contributed by atoms with Crippen molar-refractivity contribution in [2.45, 2.75) is 38.8 Å². The highest BCUT2D eigenvalue weighted by molar-refractivity contribution is 9.10. The molecule has 1 N–H and O–H groups in total. The Morgan fingerprint density at radius 3 is 2.22 bits per heavy atom. The summed E-state index contributed by atoms with van der Waals surface area (Å²) in [5, 5.41) is 3.03. The molecule has 0 heterocycles. The summed E-state index contributed by atoms with van der Waals surface area (Å²) in [4.78, 5) is 28.6. The summed E-state index contributed by atoms with van der Waals surface area (Å²) < 4.78 is 11.9. The van der Waals surface area contributed by atoms with E-state index in [1.165, 1.54) is 0 Å². The van der Waals surface area contributed by atoms with E-state index in [0.717, 1.165) is 28.4 Å². The summed E-state index contributed by atoms with van der Waals surface area (Å²) in [6, 6.07) is 23.9. The number of ether oxygens (including phenoxy) is 2. The first-order valence-electron chi connectivity index (χ1n) is 12.1. The van der Waals surface area contributed by atoms with E-state index >= 15 is 0 Å². The second-order valence-electron chi connectivity index (χ2n) is 8.46. The third-order valence-electron chi connectivity index (χ3n) is 5.79. The number of amides is 2. The zero-order chi connectivity index (χ0) is 25.8. The van der Waals surface area contributed by atoms with Crippen molar-refractivity contribution in [3.63, 3.8) is 0 Å². The molecule has 0 bridgehead atoms. The quantitative estimate of drug-likeness (QED) is 0.288. The zero-order valence-electron chi connectivity index (χ0n) is 20.8. The lowest BCUT2D eigenvalue weighted by molar-refractivity contribution is -0.142. The molecule has 0 unspecified atom stereocenters. The lowest BCUT2D eigenvalue weighted by atomic mass is 10.0. The second-order valence-corrected chi connectivity index (χ2v) is 9.38. The third kappa shape index (κ3) is 8.41. The molecule has 6 nitrogen and oxygen atoms in total. The molecule has 7 heteroatoms. The molecule has 3 aromatic carbocycles. The molecule has 0 aliphatic carbocycles. The minimum atomic E-state index is -0.681.